The van der Waals surface area contributed by atoms with Crippen molar-refractivity contribution in [1.82, 2.24) is 14.5 Å². The van der Waals surface area contributed by atoms with E-state index >= 15 is 0 Å². The van der Waals surface area contributed by atoms with E-state index < -0.39 is 48.0 Å². The molecule has 0 radical (unpaired) electrons. The van der Waals surface area contributed by atoms with Gasteiger partial charge in [-0.05, 0) is 30.2 Å². The molecule has 2 aromatic carbocycles. The number of carbonyl (C=O) groups is 3. The second kappa shape index (κ2) is 14.6. The van der Waals surface area contributed by atoms with Crippen LogP contribution in [0.3, 0.4) is 0 Å². The van der Waals surface area contributed by atoms with Crippen LogP contribution in [0.4, 0.5) is 13.2 Å². The smallest absolute Gasteiger partial charge is 0.336 e. The Morgan fingerprint density at radius 3 is 2.10 bits per heavy atom. The van der Waals surface area contributed by atoms with Gasteiger partial charge in [-0.1, -0.05) is 24.3 Å². The van der Waals surface area contributed by atoms with Gasteiger partial charge in [0.15, 0.2) is 17.2 Å². The highest BCUT2D eigenvalue weighted by molar-refractivity contribution is 5.88. The Morgan fingerprint density at radius 2 is 1.56 bits per heavy atom. The molecule has 3 aromatic rings. The molecular formula is C26H28F3N3O7. The summed E-state index contributed by atoms with van der Waals surface area (Å²) in [5.41, 5.74) is -1.50. The van der Waals surface area contributed by atoms with Crippen LogP contribution in [-0.2, 0) is 34.0 Å². The number of nitrogens with zero attached hydrogens (tertiary/aromatic N) is 3. The zero-order valence-corrected chi connectivity index (χ0v) is 20.7. The number of carboxylic acid groups (broad SMARTS) is 3. The number of imidazole rings is 1. The third kappa shape index (κ3) is 10.6. The molecule has 1 aromatic heterocycles. The second-order valence-corrected chi connectivity index (χ2v) is 8.68. The van der Waals surface area contributed by atoms with Crippen molar-refractivity contribution in [1.29, 1.82) is 0 Å². The lowest BCUT2D eigenvalue weighted by Gasteiger charge is -2.23. The fourth-order valence-electron chi connectivity index (χ4n) is 3.59. The zero-order chi connectivity index (χ0) is 29.0. The number of hydrogen-bond acceptors (Lipinski definition) is 6. The average Bonchev–Trinajstić information content (AvgIpc) is 3.36. The second-order valence-electron chi connectivity index (χ2n) is 8.68. The molecule has 10 nitrogen and oxygen atoms in total. The lowest BCUT2D eigenvalue weighted by molar-refractivity contribution is -0.170. The van der Waals surface area contributed by atoms with Gasteiger partial charge in [0.05, 0.1) is 19.2 Å². The number of benzene rings is 2. The Morgan fingerprint density at radius 1 is 0.897 bits per heavy atom. The van der Waals surface area contributed by atoms with E-state index in [1.807, 2.05) is 15.7 Å². The predicted octanol–water partition coefficient (Wildman–Crippen LogP) is 3.14. The third-order valence-corrected chi connectivity index (χ3v) is 5.48. The highest BCUT2D eigenvalue weighted by atomic mass is 19.2. The molecule has 0 fully saturated rings. The minimum absolute atomic E-state index is 0.266. The molecule has 0 saturated carbocycles. The van der Waals surface area contributed by atoms with Gasteiger partial charge in [-0.25, -0.2) is 22.9 Å². The molecular weight excluding hydrogens is 523 g/mol. The normalized spacial score (nSPS) is 11.1. The summed E-state index contributed by atoms with van der Waals surface area (Å²) in [6.07, 6.45) is 3.89. The summed E-state index contributed by atoms with van der Waals surface area (Å²) in [7, 11) is 0. The fourth-order valence-corrected chi connectivity index (χ4v) is 3.59. The Hall–Kier alpha value is -4.23. The van der Waals surface area contributed by atoms with Crippen LogP contribution in [0.5, 0.6) is 0 Å². The summed E-state index contributed by atoms with van der Waals surface area (Å²) >= 11 is 0. The molecule has 3 rings (SSSR count). The molecule has 1 heterocycles. The minimum atomic E-state index is -2.74. The highest BCUT2D eigenvalue weighted by Gasteiger charge is 2.40. The maximum absolute atomic E-state index is 14.0. The predicted molar refractivity (Wildman–Crippen MR) is 131 cm³/mol. The van der Waals surface area contributed by atoms with Crippen molar-refractivity contribution >= 4 is 17.9 Å². The van der Waals surface area contributed by atoms with Gasteiger partial charge in [0.25, 0.3) is 0 Å². The van der Waals surface area contributed by atoms with Crippen molar-refractivity contribution in [2.75, 3.05) is 6.54 Å². The molecule has 0 bridgehead atoms. The first-order valence-corrected chi connectivity index (χ1v) is 11.6. The number of hydrogen-bond donors (Lipinski definition) is 4. The fraction of sp³-hybridized carbons (Fsp3) is 0.308. The monoisotopic (exact) mass is 551 g/mol. The van der Waals surface area contributed by atoms with E-state index in [4.69, 9.17) is 20.4 Å². The van der Waals surface area contributed by atoms with E-state index in [9.17, 15) is 27.6 Å². The Balaban J connectivity index is 0.000000349. The topological polar surface area (TPSA) is 153 Å². The molecule has 0 aliphatic rings. The molecule has 0 aliphatic heterocycles. The van der Waals surface area contributed by atoms with Crippen LogP contribution in [0.2, 0.25) is 0 Å². The van der Waals surface area contributed by atoms with Crippen molar-refractivity contribution in [3.05, 3.63) is 89.8 Å². The van der Waals surface area contributed by atoms with Crippen molar-refractivity contribution in [3.8, 4) is 0 Å². The van der Waals surface area contributed by atoms with Gasteiger partial charge in [0, 0.05) is 44.1 Å². The Bertz CT molecular complexity index is 1240. The van der Waals surface area contributed by atoms with Gasteiger partial charge in [-0.3, -0.25) is 14.5 Å². The molecule has 0 amide bonds. The highest BCUT2D eigenvalue weighted by Crippen LogP contribution is 2.17. The standard InChI is InChI=1S/C20H20F3N3.C6H8O7/c21-18-5-2-1-4-17(18)14-26(10-3-9-25-11-8-24-15-25)13-16-6-7-19(22)20(23)12-16;7-3(8)1-6(13,5(11)12)2-4(9)10/h1-2,4-8,11-12,15H,3,9-10,13-14H2;13H,1-2H2,(H,7,8)(H,9,10)(H,11,12). The van der Waals surface area contributed by atoms with Gasteiger partial charge in [0.2, 0.25) is 0 Å². The first-order valence-electron chi connectivity index (χ1n) is 11.6. The summed E-state index contributed by atoms with van der Waals surface area (Å²) in [5.74, 6) is -7.02. The number of rotatable bonds is 13. The van der Waals surface area contributed by atoms with Gasteiger partial charge in [-0.2, -0.15) is 0 Å². The van der Waals surface area contributed by atoms with Crippen LogP contribution in [-0.4, -0.2) is 64.9 Å². The van der Waals surface area contributed by atoms with Crippen LogP contribution < -0.4 is 0 Å². The molecule has 0 atom stereocenters. The van der Waals surface area contributed by atoms with E-state index in [1.54, 1.807) is 36.8 Å². The first kappa shape index (κ1) is 31.0. The maximum Gasteiger partial charge on any atom is 0.336 e. The van der Waals surface area contributed by atoms with Crippen LogP contribution in [0.25, 0.3) is 0 Å². The van der Waals surface area contributed by atoms with Crippen molar-refractivity contribution in [2.24, 2.45) is 0 Å². The SMILES string of the molecule is Fc1ccc(CN(CCCn2ccnc2)Cc2ccccc2F)cc1F.O=C(O)CC(O)(CC(=O)O)C(=O)O. The summed E-state index contributed by atoms with van der Waals surface area (Å²) in [5, 5.41) is 33.8. The van der Waals surface area contributed by atoms with Crippen LogP contribution in [0.15, 0.2) is 61.2 Å². The molecule has 4 N–H and O–H groups in total. The molecule has 0 unspecified atom stereocenters. The van der Waals surface area contributed by atoms with E-state index in [0.717, 1.165) is 19.0 Å². The number of aromatic nitrogens is 2. The molecule has 0 spiro atoms. The Kier molecular flexibility index (Phi) is 11.6. The summed E-state index contributed by atoms with van der Waals surface area (Å²) < 4.78 is 42.6. The number of aliphatic carboxylic acids is 3. The van der Waals surface area contributed by atoms with E-state index in [1.165, 1.54) is 12.1 Å². The Labute approximate surface area is 221 Å². The lowest BCUT2D eigenvalue weighted by Crippen LogP contribution is -2.42. The summed E-state index contributed by atoms with van der Waals surface area (Å²) in [4.78, 5) is 36.5. The van der Waals surface area contributed by atoms with E-state index in [-0.39, 0.29) is 5.82 Å². The summed E-state index contributed by atoms with van der Waals surface area (Å²) in [6.45, 7) is 2.28. The van der Waals surface area contributed by atoms with Crippen LogP contribution in [0.1, 0.15) is 30.4 Å². The minimum Gasteiger partial charge on any atom is -0.481 e. The van der Waals surface area contributed by atoms with Crippen LogP contribution in [0, 0.1) is 17.5 Å². The quantitative estimate of drug-likeness (QED) is 0.251. The first-order chi connectivity index (χ1) is 18.4. The van der Waals surface area contributed by atoms with Gasteiger partial charge in [-0.15, -0.1) is 0 Å². The number of aryl methyl sites for hydroxylation is 1. The van der Waals surface area contributed by atoms with Gasteiger partial charge >= 0.3 is 17.9 Å². The van der Waals surface area contributed by atoms with Gasteiger partial charge in [0.1, 0.15) is 5.82 Å². The largest absolute Gasteiger partial charge is 0.481 e. The average molecular weight is 552 g/mol. The van der Waals surface area contributed by atoms with Crippen molar-refractivity contribution in [3.63, 3.8) is 0 Å². The molecule has 13 heteroatoms. The number of aliphatic hydroxyl groups is 1. The van der Waals surface area contributed by atoms with E-state index in [0.29, 0.717) is 30.8 Å². The molecule has 39 heavy (non-hydrogen) atoms. The molecule has 0 aliphatic carbocycles. The molecule has 0 saturated heterocycles. The zero-order valence-electron chi connectivity index (χ0n) is 20.7. The summed E-state index contributed by atoms with van der Waals surface area (Å²) in [6, 6.07) is 10.5. The third-order valence-electron chi connectivity index (χ3n) is 5.48. The maximum atomic E-state index is 14.0. The van der Waals surface area contributed by atoms with Crippen LogP contribution >= 0.6 is 0 Å². The number of carboxylic acids is 3. The lowest BCUT2D eigenvalue weighted by atomic mass is 9.96. The number of halogens is 3. The van der Waals surface area contributed by atoms with Crippen molar-refractivity contribution < 1.29 is 48.0 Å². The van der Waals surface area contributed by atoms with Crippen molar-refractivity contribution in [2.45, 2.75) is 44.5 Å². The van der Waals surface area contributed by atoms with Gasteiger partial charge < -0.3 is 25.0 Å². The van der Waals surface area contributed by atoms with E-state index in [2.05, 4.69) is 4.98 Å². The molecule has 210 valence electrons.